The number of aromatic nitrogens is 2. The number of benzene rings is 1. The lowest BCUT2D eigenvalue weighted by Gasteiger charge is -2.11. The highest BCUT2D eigenvalue weighted by atomic mass is 79.9. The summed E-state index contributed by atoms with van der Waals surface area (Å²) < 4.78 is 16.1. The molecule has 96 valence electrons. The number of rotatable bonds is 3. The lowest BCUT2D eigenvalue weighted by molar-refractivity contribution is 0.176. The first kappa shape index (κ1) is 13.2. The van der Waals surface area contributed by atoms with Gasteiger partial charge in [0, 0.05) is 29.2 Å². The maximum absolute atomic E-state index is 13.7. The Morgan fingerprint density at radius 1 is 1.50 bits per heavy atom. The fourth-order valence-corrected chi connectivity index (χ4v) is 2.18. The fraction of sp³-hybridized carbons (Fsp3) is 0.308. The summed E-state index contributed by atoms with van der Waals surface area (Å²) >= 11 is 3.21. The van der Waals surface area contributed by atoms with Crippen LogP contribution in [0.1, 0.15) is 22.9 Å². The van der Waals surface area contributed by atoms with E-state index in [4.69, 9.17) is 0 Å². The van der Waals surface area contributed by atoms with Crippen LogP contribution in [0.2, 0.25) is 0 Å². The van der Waals surface area contributed by atoms with Crippen LogP contribution in [0.3, 0.4) is 0 Å². The molecule has 2 rings (SSSR count). The van der Waals surface area contributed by atoms with Gasteiger partial charge in [0.2, 0.25) is 0 Å². The van der Waals surface area contributed by atoms with Crippen LogP contribution in [0.15, 0.2) is 28.9 Å². The van der Waals surface area contributed by atoms with Gasteiger partial charge in [0.1, 0.15) is 5.82 Å². The minimum atomic E-state index is -0.741. The zero-order chi connectivity index (χ0) is 13.3. The predicted octanol–water partition coefficient (Wildman–Crippen LogP) is 2.91. The molecule has 1 atom stereocenters. The molecule has 0 spiro atoms. The quantitative estimate of drug-likeness (QED) is 0.946. The van der Waals surface area contributed by atoms with Gasteiger partial charge in [-0.15, -0.1) is 0 Å². The van der Waals surface area contributed by atoms with Crippen molar-refractivity contribution in [3.63, 3.8) is 0 Å². The van der Waals surface area contributed by atoms with Crippen molar-refractivity contribution in [2.24, 2.45) is 7.05 Å². The Balaban J connectivity index is 2.21. The lowest BCUT2D eigenvalue weighted by Crippen LogP contribution is -2.05. The van der Waals surface area contributed by atoms with Gasteiger partial charge in [-0.2, -0.15) is 5.10 Å². The first-order valence-electron chi connectivity index (χ1n) is 5.59. The molecule has 1 unspecified atom stereocenters. The second-order valence-corrected chi connectivity index (χ2v) is 5.18. The van der Waals surface area contributed by atoms with Crippen molar-refractivity contribution in [2.75, 3.05) is 0 Å². The Labute approximate surface area is 113 Å². The topological polar surface area (TPSA) is 38.1 Å². The van der Waals surface area contributed by atoms with Crippen LogP contribution in [0.4, 0.5) is 4.39 Å². The van der Waals surface area contributed by atoms with E-state index in [1.807, 2.05) is 14.0 Å². The molecule has 0 amide bonds. The third kappa shape index (κ3) is 2.62. The molecular formula is C13H14BrFN2O. The van der Waals surface area contributed by atoms with Crippen LogP contribution >= 0.6 is 15.9 Å². The molecule has 1 aromatic carbocycles. The third-order valence-electron chi connectivity index (χ3n) is 3.06. The second-order valence-electron chi connectivity index (χ2n) is 4.26. The van der Waals surface area contributed by atoms with Gasteiger partial charge in [0.15, 0.2) is 0 Å². The zero-order valence-electron chi connectivity index (χ0n) is 10.2. The summed E-state index contributed by atoms with van der Waals surface area (Å²) in [5, 5.41) is 14.2. The highest BCUT2D eigenvalue weighted by Gasteiger charge is 2.16. The number of aliphatic hydroxyl groups is 1. The van der Waals surface area contributed by atoms with E-state index in [1.54, 1.807) is 23.0 Å². The number of hydrogen-bond donors (Lipinski definition) is 1. The van der Waals surface area contributed by atoms with Gasteiger partial charge >= 0.3 is 0 Å². The van der Waals surface area contributed by atoms with Crippen molar-refractivity contribution >= 4 is 15.9 Å². The molecule has 18 heavy (non-hydrogen) atoms. The van der Waals surface area contributed by atoms with Gasteiger partial charge in [-0.05, 0) is 24.6 Å². The van der Waals surface area contributed by atoms with E-state index in [0.717, 1.165) is 11.3 Å². The molecule has 1 heterocycles. The van der Waals surface area contributed by atoms with Crippen molar-refractivity contribution < 1.29 is 9.50 Å². The summed E-state index contributed by atoms with van der Waals surface area (Å²) in [5.41, 5.74) is 2.12. The molecular weight excluding hydrogens is 299 g/mol. The molecule has 0 saturated heterocycles. The molecule has 0 aliphatic carbocycles. The molecule has 0 aliphatic rings. The standard InChI is InChI=1S/C13H14BrFN2O/c1-8-11(7-16-17(8)2)13(18)5-9-3-4-10(14)6-12(9)15/h3-4,6-7,13,18H,5H2,1-2H3. The second kappa shape index (κ2) is 5.20. The number of nitrogens with zero attached hydrogens (tertiary/aromatic N) is 2. The Morgan fingerprint density at radius 3 is 2.78 bits per heavy atom. The first-order valence-corrected chi connectivity index (χ1v) is 6.39. The summed E-state index contributed by atoms with van der Waals surface area (Å²) in [6.45, 7) is 1.88. The first-order chi connectivity index (χ1) is 8.49. The van der Waals surface area contributed by atoms with Gasteiger partial charge in [0.05, 0.1) is 12.3 Å². The van der Waals surface area contributed by atoms with Gasteiger partial charge < -0.3 is 5.11 Å². The molecule has 0 bridgehead atoms. The minimum absolute atomic E-state index is 0.242. The van der Waals surface area contributed by atoms with Crippen molar-refractivity contribution in [3.8, 4) is 0 Å². The van der Waals surface area contributed by atoms with Crippen molar-refractivity contribution in [2.45, 2.75) is 19.4 Å². The van der Waals surface area contributed by atoms with E-state index >= 15 is 0 Å². The van der Waals surface area contributed by atoms with Gasteiger partial charge in [-0.3, -0.25) is 4.68 Å². The van der Waals surface area contributed by atoms with Crippen molar-refractivity contribution in [1.29, 1.82) is 0 Å². The number of hydrogen-bond acceptors (Lipinski definition) is 2. The zero-order valence-corrected chi connectivity index (χ0v) is 11.8. The lowest BCUT2D eigenvalue weighted by atomic mass is 10.0. The molecule has 1 aromatic heterocycles. The fourth-order valence-electron chi connectivity index (χ4n) is 1.85. The van der Waals surface area contributed by atoms with Crippen LogP contribution in [0.25, 0.3) is 0 Å². The normalized spacial score (nSPS) is 12.7. The van der Waals surface area contributed by atoms with Gasteiger partial charge in [0.25, 0.3) is 0 Å². The Morgan fingerprint density at radius 2 is 2.22 bits per heavy atom. The highest BCUT2D eigenvalue weighted by molar-refractivity contribution is 9.10. The van der Waals surface area contributed by atoms with E-state index in [2.05, 4.69) is 21.0 Å². The van der Waals surface area contributed by atoms with Gasteiger partial charge in [-0.1, -0.05) is 22.0 Å². The monoisotopic (exact) mass is 312 g/mol. The molecule has 0 radical (unpaired) electrons. The number of aryl methyl sites for hydroxylation is 1. The molecule has 2 aromatic rings. The summed E-state index contributed by atoms with van der Waals surface area (Å²) in [6.07, 6.45) is 1.12. The summed E-state index contributed by atoms with van der Waals surface area (Å²) in [6, 6.07) is 4.84. The molecule has 0 aliphatic heterocycles. The molecule has 3 nitrogen and oxygen atoms in total. The Bertz CT molecular complexity index is 568. The largest absolute Gasteiger partial charge is 0.388 e. The number of aliphatic hydroxyl groups excluding tert-OH is 1. The van der Waals surface area contributed by atoms with E-state index in [1.165, 1.54) is 6.07 Å². The molecule has 1 N–H and O–H groups in total. The summed E-state index contributed by atoms with van der Waals surface area (Å²) in [4.78, 5) is 0. The molecule has 0 fully saturated rings. The summed E-state index contributed by atoms with van der Waals surface area (Å²) in [5.74, 6) is -0.315. The maximum atomic E-state index is 13.7. The average molecular weight is 313 g/mol. The van der Waals surface area contributed by atoms with Crippen LogP contribution in [0.5, 0.6) is 0 Å². The van der Waals surface area contributed by atoms with Gasteiger partial charge in [-0.25, -0.2) is 4.39 Å². The average Bonchev–Trinajstić information content (AvgIpc) is 2.64. The van der Waals surface area contributed by atoms with E-state index < -0.39 is 6.10 Å². The third-order valence-corrected chi connectivity index (χ3v) is 3.55. The van der Waals surface area contributed by atoms with Crippen LogP contribution in [0, 0.1) is 12.7 Å². The Hall–Kier alpha value is -1.20. The van der Waals surface area contributed by atoms with Crippen LogP contribution < -0.4 is 0 Å². The molecule has 0 saturated carbocycles. The van der Waals surface area contributed by atoms with E-state index in [-0.39, 0.29) is 12.2 Å². The Kier molecular flexibility index (Phi) is 3.82. The smallest absolute Gasteiger partial charge is 0.127 e. The SMILES string of the molecule is Cc1c(C(O)Cc2ccc(Br)cc2F)cnn1C. The van der Waals surface area contributed by atoms with E-state index in [0.29, 0.717) is 10.0 Å². The maximum Gasteiger partial charge on any atom is 0.127 e. The van der Waals surface area contributed by atoms with Crippen molar-refractivity contribution in [3.05, 3.63) is 51.5 Å². The van der Waals surface area contributed by atoms with Crippen LogP contribution in [-0.4, -0.2) is 14.9 Å². The van der Waals surface area contributed by atoms with Crippen LogP contribution in [-0.2, 0) is 13.5 Å². The number of halogens is 2. The minimum Gasteiger partial charge on any atom is -0.388 e. The van der Waals surface area contributed by atoms with E-state index in [9.17, 15) is 9.50 Å². The highest BCUT2D eigenvalue weighted by Crippen LogP contribution is 2.23. The molecule has 5 heteroatoms. The predicted molar refractivity (Wildman–Crippen MR) is 70.7 cm³/mol. The summed E-state index contributed by atoms with van der Waals surface area (Å²) in [7, 11) is 1.81. The van der Waals surface area contributed by atoms with Crippen molar-refractivity contribution in [1.82, 2.24) is 9.78 Å².